The summed E-state index contributed by atoms with van der Waals surface area (Å²) in [6, 6.07) is 28.0. The number of benzene rings is 4. The second kappa shape index (κ2) is 13.0. The molecule has 0 bridgehead atoms. The molecule has 0 aromatic heterocycles. The molecule has 0 heterocycles. The van der Waals surface area contributed by atoms with Gasteiger partial charge in [0.25, 0.3) is 0 Å². The molecule has 4 aromatic rings. The second-order valence-corrected chi connectivity index (χ2v) is 15.3. The maximum Gasteiger partial charge on any atom is 0.206 e. The smallest absolute Gasteiger partial charge is 0.206 e. The Morgan fingerprint density at radius 3 is 1.57 bits per heavy atom. The van der Waals surface area contributed by atoms with E-state index in [1.54, 1.807) is 92.1 Å². The van der Waals surface area contributed by atoms with Crippen molar-refractivity contribution >= 4 is 19.7 Å². The monoisotopic (exact) mass is 650 g/mol. The van der Waals surface area contributed by atoms with Gasteiger partial charge in [0.15, 0.2) is 0 Å². The van der Waals surface area contributed by atoms with Crippen LogP contribution < -0.4 is 9.47 Å². The zero-order valence-electron chi connectivity index (χ0n) is 25.5. The van der Waals surface area contributed by atoms with E-state index in [0.717, 1.165) is 23.3 Å². The van der Waals surface area contributed by atoms with Crippen LogP contribution in [0.25, 0.3) is 0 Å². The van der Waals surface area contributed by atoms with Crippen LogP contribution in [0.4, 0.5) is 0 Å². The SMILES string of the molecule is COc1ccc(C2C=CC(Oc3ccc(S(=O)(=O)c4ccc(C5C=CC(S(=O)(=O)c6ccc(C)cc6)=CC5)cc4)cc3)=CC2)cc1. The van der Waals surface area contributed by atoms with Crippen molar-refractivity contribution in [2.75, 3.05) is 7.11 Å². The van der Waals surface area contributed by atoms with Crippen LogP contribution in [0.3, 0.4) is 0 Å². The number of allylic oxidation sites excluding steroid dienone is 6. The first-order valence-corrected chi connectivity index (χ1v) is 18.0. The number of aryl methyl sites for hydroxylation is 1. The third-order valence-electron chi connectivity index (χ3n) is 8.31. The van der Waals surface area contributed by atoms with Crippen molar-refractivity contribution in [3.05, 3.63) is 161 Å². The lowest BCUT2D eigenvalue weighted by Gasteiger charge is -2.18. The molecule has 0 N–H and O–H groups in total. The molecule has 0 aliphatic heterocycles. The Balaban J connectivity index is 1.07. The van der Waals surface area contributed by atoms with E-state index in [9.17, 15) is 16.8 Å². The zero-order valence-corrected chi connectivity index (χ0v) is 27.2. The summed E-state index contributed by atoms with van der Waals surface area (Å²) >= 11 is 0. The number of methoxy groups -OCH3 is 1. The van der Waals surface area contributed by atoms with Crippen molar-refractivity contribution in [3.63, 3.8) is 0 Å². The van der Waals surface area contributed by atoms with E-state index in [4.69, 9.17) is 9.47 Å². The Bertz CT molecular complexity index is 2050. The highest BCUT2D eigenvalue weighted by Crippen LogP contribution is 2.33. The Morgan fingerprint density at radius 2 is 1.04 bits per heavy atom. The number of rotatable bonds is 9. The second-order valence-electron chi connectivity index (χ2n) is 11.4. The highest BCUT2D eigenvalue weighted by molar-refractivity contribution is 7.95. The molecule has 46 heavy (non-hydrogen) atoms. The van der Waals surface area contributed by atoms with Gasteiger partial charge in [0.05, 0.1) is 26.7 Å². The Labute approximate surface area is 270 Å². The van der Waals surface area contributed by atoms with Crippen molar-refractivity contribution in [3.8, 4) is 11.5 Å². The minimum absolute atomic E-state index is 0.0558. The van der Waals surface area contributed by atoms with Crippen molar-refractivity contribution in [2.24, 2.45) is 0 Å². The third kappa shape index (κ3) is 6.64. The van der Waals surface area contributed by atoms with Crippen LogP contribution in [0.2, 0.25) is 0 Å². The summed E-state index contributed by atoms with van der Waals surface area (Å²) < 4.78 is 64.1. The fourth-order valence-corrected chi connectivity index (χ4v) is 8.13. The predicted molar refractivity (Wildman–Crippen MR) is 179 cm³/mol. The molecule has 2 atom stereocenters. The van der Waals surface area contributed by atoms with Gasteiger partial charge < -0.3 is 9.47 Å². The first kappa shape index (κ1) is 31.3. The molecule has 2 unspecified atom stereocenters. The highest BCUT2D eigenvalue weighted by Gasteiger charge is 2.23. The molecular formula is C38H34O6S2. The number of hydrogen-bond acceptors (Lipinski definition) is 6. The molecule has 0 saturated carbocycles. The fraction of sp³-hybridized carbons (Fsp3) is 0.158. The Kier molecular flexibility index (Phi) is 8.84. The topological polar surface area (TPSA) is 86.7 Å². The van der Waals surface area contributed by atoms with Crippen LogP contribution >= 0.6 is 0 Å². The van der Waals surface area contributed by atoms with Gasteiger partial charge in [-0.2, -0.15) is 0 Å². The summed E-state index contributed by atoms with van der Waals surface area (Å²) in [4.78, 5) is 0.897. The Hall–Kier alpha value is -4.66. The first-order valence-electron chi connectivity index (χ1n) is 15.0. The largest absolute Gasteiger partial charge is 0.497 e. The van der Waals surface area contributed by atoms with Crippen LogP contribution in [0, 0.1) is 6.92 Å². The van der Waals surface area contributed by atoms with E-state index in [1.807, 2.05) is 37.3 Å². The van der Waals surface area contributed by atoms with Crippen molar-refractivity contribution in [1.29, 1.82) is 0 Å². The average Bonchev–Trinajstić information content (AvgIpc) is 3.09. The summed E-state index contributed by atoms with van der Waals surface area (Å²) in [5, 5.41) is 0. The molecular weight excluding hydrogens is 617 g/mol. The summed E-state index contributed by atoms with van der Waals surface area (Å²) in [7, 11) is -5.69. The summed E-state index contributed by atoms with van der Waals surface area (Å²) in [6.07, 6.45) is 12.6. The molecule has 6 rings (SSSR count). The lowest BCUT2D eigenvalue weighted by Crippen LogP contribution is -2.08. The zero-order chi connectivity index (χ0) is 32.3. The molecule has 0 spiro atoms. The Morgan fingerprint density at radius 1 is 0.565 bits per heavy atom. The molecule has 6 nitrogen and oxygen atoms in total. The van der Waals surface area contributed by atoms with Crippen molar-refractivity contribution in [1.82, 2.24) is 0 Å². The molecule has 0 radical (unpaired) electrons. The van der Waals surface area contributed by atoms with Crippen molar-refractivity contribution in [2.45, 2.75) is 46.3 Å². The molecule has 0 saturated heterocycles. The molecule has 4 aromatic carbocycles. The summed E-state index contributed by atoms with van der Waals surface area (Å²) in [6.45, 7) is 1.91. The van der Waals surface area contributed by atoms with Gasteiger partial charge in [-0.3, -0.25) is 0 Å². The van der Waals surface area contributed by atoms with Crippen LogP contribution in [0.15, 0.2) is 159 Å². The summed E-state index contributed by atoms with van der Waals surface area (Å²) in [5.74, 6) is 2.28. The van der Waals surface area contributed by atoms with E-state index in [1.165, 1.54) is 5.56 Å². The quantitative estimate of drug-likeness (QED) is 0.181. The third-order valence-corrected chi connectivity index (χ3v) is 11.9. The first-order chi connectivity index (χ1) is 22.1. The van der Waals surface area contributed by atoms with E-state index in [0.29, 0.717) is 17.9 Å². The number of hydrogen-bond donors (Lipinski definition) is 0. The number of sulfone groups is 2. The van der Waals surface area contributed by atoms with Crippen LogP contribution in [0.1, 0.15) is 41.4 Å². The maximum atomic E-state index is 13.4. The number of ether oxygens (including phenoxy) is 2. The lowest BCUT2D eigenvalue weighted by atomic mass is 9.92. The molecule has 2 aliphatic carbocycles. The van der Waals surface area contributed by atoms with Gasteiger partial charge in [-0.1, -0.05) is 60.2 Å². The van der Waals surface area contributed by atoms with E-state index in [2.05, 4.69) is 18.2 Å². The normalized spacial score (nSPS) is 18.0. The van der Waals surface area contributed by atoms with Gasteiger partial charge in [0, 0.05) is 11.8 Å². The lowest BCUT2D eigenvalue weighted by molar-refractivity contribution is 0.414. The van der Waals surface area contributed by atoms with E-state index in [-0.39, 0.29) is 31.4 Å². The van der Waals surface area contributed by atoms with Crippen LogP contribution in [-0.4, -0.2) is 23.9 Å². The predicted octanol–water partition coefficient (Wildman–Crippen LogP) is 8.24. The molecule has 234 valence electrons. The minimum Gasteiger partial charge on any atom is -0.497 e. The molecule has 8 heteroatoms. The van der Waals surface area contributed by atoms with E-state index >= 15 is 0 Å². The highest BCUT2D eigenvalue weighted by atomic mass is 32.2. The molecule has 2 aliphatic rings. The summed E-state index contributed by atoms with van der Waals surface area (Å²) in [5.41, 5.74) is 3.10. The molecule has 0 fully saturated rings. The van der Waals surface area contributed by atoms with E-state index < -0.39 is 19.7 Å². The van der Waals surface area contributed by atoms with Gasteiger partial charge in [0.1, 0.15) is 17.3 Å². The van der Waals surface area contributed by atoms with Gasteiger partial charge in [-0.05, 0) is 110 Å². The molecule has 0 amide bonds. The van der Waals surface area contributed by atoms with Gasteiger partial charge >= 0.3 is 0 Å². The van der Waals surface area contributed by atoms with Gasteiger partial charge in [-0.25, -0.2) is 16.8 Å². The van der Waals surface area contributed by atoms with Crippen LogP contribution in [0.5, 0.6) is 11.5 Å². The van der Waals surface area contributed by atoms with Crippen LogP contribution in [-0.2, 0) is 19.7 Å². The fourth-order valence-electron chi connectivity index (χ4n) is 5.53. The standard InChI is InChI=1S/C38H34O6S2/c1-27-3-19-35(20-4-27)45(39,40)36-21-9-30(10-22-36)31-11-23-37(24-12-31)46(41,42)38-25-17-34(18-26-38)44-33-15-7-29(8-16-33)28-5-13-32(43-2)14-6-28/h3-7,9,11-26,29-30H,8,10H2,1-2H3. The van der Waals surface area contributed by atoms with Gasteiger partial charge in [-0.15, -0.1) is 0 Å². The minimum atomic E-state index is -3.74. The van der Waals surface area contributed by atoms with Crippen molar-refractivity contribution < 1.29 is 26.3 Å². The average molecular weight is 651 g/mol. The maximum absolute atomic E-state index is 13.4. The van der Waals surface area contributed by atoms with Gasteiger partial charge in [0.2, 0.25) is 19.7 Å².